The number of hydrogen-bond donors (Lipinski definition) is 1. The van der Waals surface area contributed by atoms with Crippen molar-refractivity contribution in [2.45, 2.75) is 31.9 Å². The van der Waals surface area contributed by atoms with Gasteiger partial charge in [-0.1, -0.05) is 11.4 Å². The van der Waals surface area contributed by atoms with Gasteiger partial charge in [0, 0.05) is 11.6 Å². The van der Waals surface area contributed by atoms with Crippen molar-refractivity contribution in [2.24, 2.45) is 0 Å². The Hall–Kier alpha value is -1.54. The van der Waals surface area contributed by atoms with Crippen molar-refractivity contribution in [2.75, 3.05) is 19.6 Å². The lowest BCUT2D eigenvalue weighted by Gasteiger charge is -2.28. The lowest BCUT2D eigenvalue weighted by Crippen LogP contribution is -2.38. The maximum atomic E-state index is 10.4. The summed E-state index contributed by atoms with van der Waals surface area (Å²) in [4.78, 5) is 15.5. The van der Waals surface area contributed by atoms with E-state index in [1.807, 2.05) is 0 Å². The number of nitro groups is 1. The second-order valence-electron chi connectivity index (χ2n) is 4.54. The number of aliphatic hydroxyl groups excluding tert-OH is 1. The molecule has 8 heteroatoms. The van der Waals surface area contributed by atoms with Crippen molar-refractivity contribution in [3.8, 4) is 0 Å². The number of β-amino-alcohol motifs (C(OH)–C–C–N with tert-alkyl or cyclic N) is 1. The molecule has 0 aliphatic carbocycles. The van der Waals surface area contributed by atoms with Crippen LogP contribution in [0, 0.1) is 10.1 Å². The van der Waals surface area contributed by atoms with Gasteiger partial charge in [-0.2, -0.15) is 4.68 Å². The molecule has 0 bridgehead atoms. The number of aliphatic hydroxyl groups is 1. The van der Waals surface area contributed by atoms with Crippen molar-refractivity contribution < 1.29 is 10.0 Å². The fraction of sp³-hybridized carbons (Fsp3) is 0.800. The summed E-state index contributed by atoms with van der Waals surface area (Å²) in [7, 11) is 0. The quantitative estimate of drug-likeness (QED) is 0.589. The van der Waals surface area contributed by atoms with Crippen molar-refractivity contribution >= 4 is 5.95 Å². The van der Waals surface area contributed by atoms with Gasteiger partial charge < -0.3 is 20.1 Å². The second kappa shape index (κ2) is 5.87. The van der Waals surface area contributed by atoms with Crippen LogP contribution in [-0.4, -0.2) is 55.4 Å². The molecule has 1 atom stereocenters. The third kappa shape index (κ3) is 3.47. The minimum atomic E-state index is -0.645. The molecule has 1 aromatic heterocycles. The van der Waals surface area contributed by atoms with E-state index in [2.05, 4.69) is 15.0 Å². The van der Waals surface area contributed by atoms with E-state index in [1.165, 1.54) is 30.3 Å². The summed E-state index contributed by atoms with van der Waals surface area (Å²) in [5, 5.41) is 24.0. The standard InChI is InChI=1S/C10H17N5O3/c16-9(6-13-4-2-1-3-5-13)7-14-8-11-10(12-14)15(17)18/h8-9,16H,1-7H2. The normalized spacial score (nSPS) is 18.7. The highest BCUT2D eigenvalue weighted by Crippen LogP contribution is 2.09. The van der Waals surface area contributed by atoms with E-state index in [-0.39, 0.29) is 6.54 Å². The van der Waals surface area contributed by atoms with Crippen LogP contribution in [0.5, 0.6) is 0 Å². The molecule has 2 heterocycles. The number of aromatic nitrogens is 3. The van der Waals surface area contributed by atoms with Gasteiger partial charge in [-0.25, -0.2) is 0 Å². The summed E-state index contributed by atoms with van der Waals surface area (Å²) in [6.07, 6.45) is 4.28. The Morgan fingerprint density at radius 2 is 2.11 bits per heavy atom. The molecular formula is C10H17N5O3. The maximum absolute atomic E-state index is 10.4. The highest BCUT2D eigenvalue weighted by atomic mass is 16.6. The molecule has 100 valence electrons. The zero-order valence-electron chi connectivity index (χ0n) is 10.1. The molecule has 1 unspecified atom stereocenters. The van der Waals surface area contributed by atoms with E-state index in [0.29, 0.717) is 6.54 Å². The van der Waals surface area contributed by atoms with Crippen molar-refractivity contribution in [3.05, 3.63) is 16.4 Å². The number of rotatable bonds is 5. The van der Waals surface area contributed by atoms with Crippen LogP contribution in [-0.2, 0) is 6.54 Å². The van der Waals surface area contributed by atoms with Crippen LogP contribution in [0.3, 0.4) is 0 Å². The van der Waals surface area contributed by atoms with Crippen LogP contribution in [0.1, 0.15) is 19.3 Å². The Bertz CT molecular complexity index is 402. The molecule has 1 aliphatic rings. The minimum Gasteiger partial charge on any atom is -0.390 e. The number of nitrogens with zero attached hydrogens (tertiary/aromatic N) is 5. The highest BCUT2D eigenvalue weighted by Gasteiger charge is 2.18. The first-order valence-electron chi connectivity index (χ1n) is 6.09. The number of hydrogen-bond acceptors (Lipinski definition) is 6. The topological polar surface area (TPSA) is 97.3 Å². The zero-order chi connectivity index (χ0) is 13.0. The molecule has 18 heavy (non-hydrogen) atoms. The number of piperidine rings is 1. The van der Waals surface area contributed by atoms with Gasteiger partial charge in [0.05, 0.1) is 12.6 Å². The molecule has 0 radical (unpaired) electrons. The summed E-state index contributed by atoms with van der Waals surface area (Å²) >= 11 is 0. The molecule has 0 amide bonds. The zero-order valence-corrected chi connectivity index (χ0v) is 10.1. The third-order valence-electron chi connectivity index (χ3n) is 3.00. The van der Waals surface area contributed by atoms with E-state index < -0.39 is 17.0 Å². The number of likely N-dealkylation sites (tertiary alicyclic amines) is 1. The van der Waals surface area contributed by atoms with Gasteiger partial charge in [0.1, 0.15) is 0 Å². The fourth-order valence-electron chi connectivity index (χ4n) is 2.17. The molecule has 1 fully saturated rings. The summed E-state index contributed by atoms with van der Waals surface area (Å²) in [6.45, 7) is 2.83. The average Bonchev–Trinajstić information content (AvgIpc) is 2.78. The van der Waals surface area contributed by atoms with Gasteiger partial charge in [-0.3, -0.25) is 0 Å². The molecular weight excluding hydrogens is 238 g/mol. The highest BCUT2D eigenvalue weighted by molar-refractivity contribution is 4.97. The van der Waals surface area contributed by atoms with Gasteiger partial charge in [0.15, 0.2) is 0 Å². The third-order valence-corrected chi connectivity index (χ3v) is 3.00. The van der Waals surface area contributed by atoms with Crippen LogP contribution in [0.2, 0.25) is 0 Å². The maximum Gasteiger partial charge on any atom is 0.490 e. The van der Waals surface area contributed by atoms with E-state index in [1.54, 1.807) is 0 Å². The predicted octanol–water partition coefficient (Wildman–Crippen LogP) is 0.0331. The van der Waals surface area contributed by atoms with E-state index in [4.69, 9.17) is 0 Å². The first kappa shape index (κ1) is 12.9. The van der Waals surface area contributed by atoms with Crippen LogP contribution in [0.15, 0.2) is 6.33 Å². The van der Waals surface area contributed by atoms with Crippen LogP contribution >= 0.6 is 0 Å². The van der Waals surface area contributed by atoms with Crippen LogP contribution < -0.4 is 0 Å². The molecule has 0 spiro atoms. The van der Waals surface area contributed by atoms with Crippen molar-refractivity contribution in [1.82, 2.24) is 19.7 Å². The molecule has 1 aliphatic heterocycles. The van der Waals surface area contributed by atoms with Crippen LogP contribution in [0.4, 0.5) is 5.95 Å². The fourth-order valence-corrected chi connectivity index (χ4v) is 2.17. The molecule has 0 saturated carbocycles. The van der Waals surface area contributed by atoms with Crippen molar-refractivity contribution in [3.63, 3.8) is 0 Å². The summed E-state index contributed by atoms with van der Waals surface area (Å²) in [5.41, 5.74) is 0. The Morgan fingerprint density at radius 3 is 2.72 bits per heavy atom. The summed E-state index contributed by atoms with van der Waals surface area (Å²) in [6, 6.07) is 0. The smallest absolute Gasteiger partial charge is 0.390 e. The Labute approximate surface area is 104 Å². The summed E-state index contributed by atoms with van der Waals surface area (Å²) in [5.74, 6) is -0.430. The second-order valence-corrected chi connectivity index (χ2v) is 4.54. The first-order valence-corrected chi connectivity index (χ1v) is 6.09. The predicted molar refractivity (Wildman–Crippen MR) is 63.0 cm³/mol. The van der Waals surface area contributed by atoms with Crippen LogP contribution in [0.25, 0.3) is 0 Å². The largest absolute Gasteiger partial charge is 0.490 e. The van der Waals surface area contributed by atoms with Gasteiger partial charge in [0.2, 0.25) is 6.33 Å². The molecule has 1 saturated heterocycles. The summed E-state index contributed by atoms with van der Waals surface area (Å²) < 4.78 is 1.31. The average molecular weight is 255 g/mol. The molecule has 0 aromatic carbocycles. The Kier molecular flexibility index (Phi) is 4.21. The Morgan fingerprint density at radius 1 is 1.39 bits per heavy atom. The molecule has 8 nitrogen and oxygen atoms in total. The van der Waals surface area contributed by atoms with E-state index in [0.717, 1.165) is 13.1 Å². The van der Waals surface area contributed by atoms with Gasteiger partial charge in [-0.05, 0) is 30.9 Å². The van der Waals surface area contributed by atoms with E-state index >= 15 is 0 Å². The molecule has 1 N–H and O–H groups in total. The monoisotopic (exact) mass is 255 g/mol. The first-order chi connectivity index (χ1) is 8.65. The van der Waals surface area contributed by atoms with Gasteiger partial charge in [0.25, 0.3) is 0 Å². The molecule has 1 aromatic rings. The lowest BCUT2D eigenvalue weighted by molar-refractivity contribution is -0.394. The van der Waals surface area contributed by atoms with Crippen molar-refractivity contribution in [1.29, 1.82) is 0 Å². The minimum absolute atomic E-state index is 0.233. The SMILES string of the molecule is O=[N+]([O-])c1ncn(CC(O)CN2CCCCC2)n1. The van der Waals surface area contributed by atoms with Gasteiger partial charge in [-0.15, -0.1) is 0 Å². The Balaban J connectivity index is 1.82. The lowest BCUT2D eigenvalue weighted by atomic mass is 10.1. The molecule has 2 rings (SSSR count). The van der Waals surface area contributed by atoms with Gasteiger partial charge >= 0.3 is 5.95 Å². The van der Waals surface area contributed by atoms with E-state index in [9.17, 15) is 15.2 Å².